The Bertz CT molecular complexity index is 731. The second kappa shape index (κ2) is 5.88. The van der Waals surface area contributed by atoms with Crippen molar-refractivity contribution in [3.8, 4) is 0 Å². The summed E-state index contributed by atoms with van der Waals surface area (Å²) in [5.74, 6) is -0.620. The van der Waals surface area contributed by atoms with Crippen LogP contribution in [0, 0.1) is 12.7 Å². The molecule has 4 nitrogen and oxygen atoms in total. The fraction of sp³-hybridized carbons (Fsp3) is 0.250. The van der Waals surface area contributed by atoms with E-state index in [0.29, 0.717) is 5.01 Å². The van der Waals surface area contributed by atoms with Gasteiger partial charge in [0.05, 0.1) is 15.4 Å². The zero-order valence-corrected chi connectivity index (χ0v) is 13.9. The summed E-state index contributed by atoms with van der Waals surface area (Å²) in [5, 5.41) is 0.670. The normalized spacial score (nSPS) is 13.4. The first-order valence-corrected chi connectivity index (χ1v) is 8.78. The molecule has 1 atom stereocenters. The van der Waals surface area contributed by atoms with Crippen LogP contribution in [0.4, 0.5) is 4.39 Å². The van der Waals surface area contributed by atoms with Gasteiger partial charge in [-0.2, -0.15) is 0 Å². The molecule has 0 bridgehead atoms. The summed E-state index contributed by atoms with van der Waals surface area (Å²) in [6.45, 7) is 3.59. The van der Waals surface area contributed by atoms with Crippen molar-refractivity contribution in [2.45, 2.75) is 24.8 Å². The zero-order chi connectivity index (χ0) is 14.9. The van der Waals surface area contributed by atoms with Crippen molar-refractivity contribution in [3.63, 3.8) is 0 Å². The lowest BCUT2D eigenvalue weighted by atomic mass is 10.3. The third-order valence-corrected chi connectivity index (χ3v) is 5.82. The van der Waals surface area contributed by atoms with Gasteiger partial charge in [-0.15, -0.1) is 11.3 Å². The smallest absolute Gasteiger partial charge is 0.241 e. The van der Waals surface area contributed by atoms with Crippen molar-refractivity contribution in [2.75, 3.05) is 0 Å². The topological polar surface area (TPSA) is 59.1 Å². The molecule has 0 saturated carbocycles. The van der Waals surface area contributed by atoms with Crippen molar-refractivity contribution in [1.29, 1.82) is 0 Å². The van der Waals surface area contributed by atoms with Gasteiger partial charge in [-0.25, -0.2) is 22.5 Å². The number of rotatable bonds is 4. The Morgan fingerprint density at radius 1 is 1.45 bits per heavy atom. The number of nitrogens with one attached hydrogen (secondary N) is 1. The molecule has 1 heterocycles. The summed E-state index contributed by atoms with van der Waals surface area (Å²) >= 11 is 4.41. The largest absolute Gasteiger partial charge is 0.248 e. The van der Waals surface area contributed by atoms with Gasteiger partial charge in [0.2, 0.25) is 10.0 Å². The van der Waals surface area contributed by atoms with Crippen molar-refractivity contribution >= 4 is 37.3 Å². The Balaban J connectivity index is 2.24. The van der Waals surface area contributed by atoms with E-state index in [2.05, 4.69) is 25.6 Å². The Morgan fingerprint density at radius 3 is 2.70 bits per heavy atom. The van der Waals surface area contributed by atoms with E-state index in [-0.39, 0.29) is 9.37 Å². The van der Waals surface area contributed by atoms with E-state index in [1.54, 1.807) is 13.1 Å². The molecule has 108 valence electrons. The van der Waals surface area contributed by atoms with Crippen molar-refractivity contribution < 1.29 is 12.8 Å². The molecule has 0 aliphatic rings. The molecule has 2 aromatic rings. The predicted octanol–water partition coefficient (Wildman–Crippen LogP) is 3.39. The number of aromatic nitrogens is 1. The van der Waals surface area contributed by atoms with E-state index >= 15 is 0 Å². The summed E-state index contributed by atoms with van der Waals surface area (Å²) < 4.78 is 40.5. The third-order valence-electron chi connectivity index (χ3n) is 2.54. The number of aryl methyl sites for hydroxylation is 1. The van der Waals surface area contributed by atoms with E-state index in [4.69, 9.17) is 0 Å². The van der Waals surface area contributed by atoms with Gasteiger partial charge in [0.25, 0.3) is 0 Å². The average molecular weight is 379 g/mol. The Labute approximate surface area is 129 Å². The number of sulfonamides is 1. The molecule has 0 aliphatic heterocycles. The summed E-state index contributed by atoms with van der Waals surface area (Å²) in [4.78, 5) is 5.02. The van der Waals surface area contributed by atoms with Gasteiger partial charge in [-0.05, 0) is 48.0 Å². The van der Waals surface area contributed by atoms with Gasteiger partial charge in [0.15, 0.2) is 0 Å². The number of hydrogen-bond donors (Lipinski definition) is 1. The molecular weight excluding hydrogens is 367 g/mol. The third kappa shape index (κ3) is 3.43. The van der Waals surface area contributed by atoms with E-state index < -0.39 is 21.9 Å². The minimum Gasteiger partial charge on any atom is -0.248 e. The first kappa shape index (κ1) is 15.6. The van der Waals surface area contributed by atoms with Crippen LogP contribution in [-0.4, -0.2) is 13.4 Å². The van der Waals surface area contributed by atoms with Gasteiger partial charge in [0.1, 0.15) is 10.8 Å². The highest BCUT2D eigenvalue weighted by molar-refractivity contribution is 9.10. The van der Waals surface area contributed by atoms with Crippen LogP contribution in [0.1, 0.15) is 22.9 Å². The van der Waals surface area contributed by atoms with Gasteiger partial charge < -0.3 is 0 Å². The number of halogens is 2. The molecule has 1 aromatic carbocycles. The van der Waals surface area contributed by atoms with E-state index in [9.17, 15) is 12.8 Å². The highest BCUT2D eigenvalue weighted by Crippen LogP contribution is 2.23. The van der Waals surface area contributed by atoms with Crippen LogP contribution >= 0.6 is 27.3 Å². The quantitative estimate of drug-likeness (QED) is 0.886. The number of hydrogen-bond acceptors (Lipinski definition) is 4. The highest BCUT2D eigenvalue weighted by Gasteiger charge is 2.21. The second-order valence-corrected chi connectivity index (χ2v) is 8.06. The van der Waals surface area contributed by atoms with Crippen molar-refractivity contribution in [3.05, 3.63) is 44.6 Å². The van der Waals surface area contributed by atoms with Crippen LogP contribution in [0.5, 0.6) is 0 Å². The molecule has 0 aliphatic carbocycles. The maximum Gasteiger partial charge on any atom is 0.241 e. The fourth-order valence-corrected chi connectivity index (χ4v) is 3.88. The molecule has 2 rings (SSSR count). The Morgan fingerprint density at radius 2 is 2.15 bits per heavy atom. The van der Waals surface area contributed by atoms with Gasteiger partial charge >= 0.3 is 0 Å². The van der Waals surface area contributed by atoms with Crippen LogP contribution in [0.3, 0.4) is 0 Å². The first-order chi connectivity index (χ1) is 9.29. The molecule has 0 saturated heterocycles. The van der Waals surface area contributed by atoms with E-state index in [1.165, 1.54) is 23.5 Å². The molecule has 0 radical (unpaired) electrons. The maximum atomic E-state index is 13.4. The van der Waals surface area contributed by atoms with Crippen LogP contribution in [0.25, 0.3) is 0 Å². The summed E-state index contributed by atoms with van der Waals surface area (Å²) in [6.07, 6.45) is 1.68. The first-order valence-electron chi connectivity index (χ1n) is 5.69. The molecular formula is C12H12BrFN2O2S2. The van der Waals surface area contributed by atoms with Crippen LogP contribution in [-0.2, 0) is 10.0 Å². The van der Waals surface area contributed by atoms with Crippen LogP contribution in [0.2, 0.25) is 0 Å². The summed E-state index contributed by atoms with van der Waals surface area (Å²) in [7, 11) is -3.78. The lowest BCUT2D eigenvalue weighted by Crippen LogP contribution is -2.26. The lowest BCUT2D eigenvalue weighted by Gasteiger charge is -2.12. The molecule has 0 fully saturated rings. The highest BCUT2D eigenvalue weighted by atomic mass is 79.9. The number of thiazole rings is 1. The van der Waals surface area contributed by atoms with Crippen LogP contribution in [0.15, 0.2) is 33.8 Å². The Kier molecular flexibility index (Phi) is 4.58. The minimum absolute atomic E-state index is 0.113. The molecule has 8 heteroatoms. The lowest BCUT2D eigenvalue weighted by molar-refractivity contribution is 0.563. The molecule has 1 aromatic heterocycles. The molecule has 0 spiro atoms. The molecule has 20 heavy (non-hydrogen) atoms. The Hall–Kier alpha value is -0.830. The van der Waals surface area contributed by atoms with Crippen molar-refractivity contribution in [2.24, 2.45) is 0 Å². The summed E-state index contributed by atoms with van der Waals surface area (Å²) in [6, 6.07) is 3.22. The standard InChI is InChI=1S/C12H12BrFN2O2S2/c1-7-6-15-12(19-7)8(2)16-20(17,18)9-3-4-10(13)11(14)5-9/h3-6,8,16H,1-2H3. The SMILES string of the molecule is Cc1cnc(C(C)NS(=O)(=O)c2ccc(Br)c(F)c2)s1. The molecule has 0 amide bonds. The van der Waals surface area contributed by atoms with E-state index in [0.717, 1.165) is 10.9 Å². The van der Waals surface area contributed by atoms with Gasteiger partial charge in [0, 0.05) is 11.1 Å². The van der Waals surface area contributed by atoms with Crippen molar-refractivity contribution in [1.82, 2.24) is 9.71 Å². The number of benzene rings is 1. The monoisotopic (exact) mass is 378 g/mol. The molecule has 1 N–H and O–H groups in total. The summed E-state index contributed by atoms with van der Waals surface area (Å²) in [5.41, 5.74) is 0. The second-order valence-electron chi connectivity index (χ2n) is 4.23. The predicted molar refractivity (Wildman–Crippen MR) is 79.7 cm³/mol. The minimum atomic E-state index is -3.78. The maximum absolute atomic E-state index is 13.4. The average Bonchev–Trinajstić information content (AvgIpc) is 2.79. The fourth-order valence-electron chi connectivity index (χ4n) is 1.57. The number of nitrogens with zero attached hydrogens (tertiary/aromatic N) is 1. The molecule has 1 unspecified atom stereocenters. The van der Waals surface area contributed by atoms with Gasteiger partial charge in [-0.3, -0.25) is 0 Å². The van der Waals surface area contributed by atoms with E-state index in [1.807, 2.05) is 6.92 Å². The van der Waals surface area contributed by atoms with Crippen LogP contribution < -0.4 is 4.72 Å². The van der Waals surface area contributed by atoms with Gasteiger partial charge in [-0.1, -0.05) is 0 Å². The zero-order valence-electron chi connectivity index (χ0n) is 10.7.